The highest BCUT2D eigenvalue weighted by molar-refractivity contribution is 5.32. The average molecular weight is 339 g/mol. The summed E-state index contributed by atoms with van der Waals surface area (Å²) in [4.78, 5) is 2.61. The summed E-state index contributed by atoms with van der Waals surface area (Å²) in [7, 11) is 1.68. The molecular weight excluding hydrogens is 310 g/mol. The maximum absolute atomic E-state index is 5.96. The number of methoxy groups -OCH3 is 1. The predicted octanol–water partition coefficient (Wildman–Crippen LogP) is 4.69. The van der Waals surface area contributed by atoms with Crippen molar-refractivity contribution in [3.63, 3.8) is 0 Å². The molecule has 134 valence electrons. The first kappa shape index (κ1) is 17.8. The van der Waals surface area contributed by atoms with Gasteiger partial charge in [-0.15, -0.1) is 0 Å². The van der Waals surface area contributed by atoms with Crippen LogP contribution < -0.4 is 9.47 Å². The Kier molecular flexibility index (Phi) is 6.75. The van der Waals surface area contributed by atoms with Gasteiger partial charge in [-0.2, -0.15) is 0 Å². The Morgan fingerprint density at radius 1 is 0.840 bits per heavy atom. The largest absolute Gasteiger partial charge is 0.497 e. The highest BCUT2D eigenvalue weighted by atomic mass is 16.5. The Balaban J connectivity index is 1.51. The lowest BCUT2D eigenvalue weighted by Crippen LogP contribution is -2.30. The summed E-state index contributed by atoms with van der Waals surface area (Å²) >= 11 is 0. The van der Waals surface area contributed by atoms with Crippen molar-refractivity contribution in [2.24, 2.45) is 0 Å². The normalized spacial score (nSPS) is 15.1. The van der Waals surface area contributed by atoms with Gasteiger partial charge < -0.3 is 14.4 Å². The lowest BCUT2D eigenvalue weighted by Gasteiger charge is -2.26. The molecule has 2 aromatic rings. The first-order valence-electron chi connectivity index (χ1n) is 9.41. The first-order valence-corrected chi connectivity index (χ1v) is 9.41. The van der Waals surface area contributed by atoms with Crippen molar-refractivity contribution in [1.82, 2.24) is 4.90 Å². The van der Waals surface area contributed by atoms with Crippen LogP contribution in [0.5, 0.6) is 11.5 Å². The van der Waals surface area contributed by atoms with Crippen molar-refractivity contribution < 1.29 is 9.47 Å². The molecule has 0 spiro atoms. The highest BCUT2D eigenvalue weighted by Gasteiger charge is 2.10. The van der Waals surface area contributed by atoms with E-state index >= 15 is 0 Å². The maximum atomic E-state index is 5.96. The second-order valence-electron chi connectivity index (χ2n) is 6.74. The van der Waals surface area contributed by atoms with E-state index in [9.17, 15) is 0 Å². The number of piperidine rings is 1. The van der Waals surface area contributed by atoms with Crippen LogP contribution in [0.3, 0.4) is 0 Å². The number of benzene rings is 2. The van der Waals surface area contributed by atoms with Crippen LogP contribution in [0.1, 0.15) is 36.8 Å². The summed E-state index contributed by atoms with van der Waals surface area (Å²) < 4.78 is 11.1. The van der Waals surface area contributed by atoms with E-state index in [1.54, 1.807) is 7.11 Å². The second-order valence-corrected chi connectivity index (χ2v) is 6.74. The molecule has 0 atom stereocenters. The maximum Gasteiger partial charge on any atom is 0.120 e. The molecular formula is C22H29NO2. The third-order valence-electron chi connectivity index (χ3n) is 4.94. The van der Waals surface area contributed by atoms with E-state index < -0.39 is 0 Å². The van der Waals surface area contributed by atoms with Crippen LogP contribution in [0.15, 0.2) is 48.5 Å². The number of ether oxygens (including phenoxy) is 2. The van der Waals surface area contributed by atoms with Crippen molar-refractivity contribution >= 4 is 0 Å². The summed E-state index contributed by atoms with van der Waals surface area (Å²) in [5, 5.41) is 0. The van der Waals surface area contributed by atoms with Gasteiger partial charge in [-0.3, -0.25) is 0 Å². The van der Waals surface area contributed by atoms with Crippen LogP contribution in [0, 0.1) is 0 Å². The second kappa shape index (κ2) is 9.47. The predicted molar refractivity (Wildman–Crippen MR) is 102 cm³/mol. The van der Waals surface area contributed by atoms with E-state index in [-0.39, 0.29) is 0 Å². The molecule has 1 fully saturated rings. The fraction of sp³-hybridized carbons (Fsp3) is 0.455. The van der Waals surface area contributed by atoms with E-state index in [2.05, 4.69) is 29.2 Å². The summed E-state index contributed by atoms with van der Waals surface area (Å²) in [6.07, 6.45) is 6.48. The minimum atomic E-state index is 0.617. The number of hydrogen-bond acceptors (Lipinski definition) is 3. The molecule has 0 saturated carbocycles. The molecule has 1 aliphatic rings. The molecule has 0 radical (unpaired) electrons. The smallest absolute Gasteiger partial charge is 0.120 e. The zero-order chi connectivity index (χ0) is 17.3. The van der Waals surface area contributed by atoms with Gasteiger partial charge in [0.25, 0.3) is 0 Å². The lowest BCUT2D eigenvalue weighted by atomic mass is 10.0. The van der Waals surface area contributed by atoms with Crippen LogP contribution in [0.4, 0.5) is 0 Å². The van der Waals surface area contributed by atoms with E-state index in [1.807, 2.05) is 24.3 Å². The van der Waals surface area contributed by atoms with E-state index in [4.69, 9.17) is 9.47 Å². The molecule has 0 N–H and O–H groups in total. The first-order chi connectivity index (χ1) is 12.3. The van der Waals surface area contributed by atoms with Crippen LogP contribution in [0.2, 0.25) is 0 Å². The van der Waals surface area contributed by atoms with Gasteiger partial charge in [0.1, 0.15) is 18.1 Å². The fourth-order valence-corrected chi connectivity index (χ4v) is 3.45. The highest BCUT2D eigenvalue weighted by Crippen LogP contribution is 2.20. The molecule has 1 aliphatic heterocycles. The van der Waals surface area contributed by atoms with Crippen LogP contribution in [-0.2, 0) is 13.0 Å². The SMILES string of the molecule is COc1ccc(OCc2ccccc2CCCN2CCCCC2)cc1. The molecule has 3 rings (SSSR count). The molecule has 3 nitrogen and oxygen atoms in total. The fourth-order valence-electron chi connectivity index (χ4n) is 3.45. The molecule has 0 unspecified atom stereocenters. The molecule has 1 saturated heterocycles. The molecule has 2 aromatic carbocycles. The van der Waals surface area contributed by atoms with Gasteiger partial charge in [0.2, 0.25) is 0 Å². The molecule has 0 bridgehead atoms. The Labute approximate surface area is 151 Å². The standard InChI is InChI=1S/C22H29NO2/c1-24-21-11-13-22(14-12-21)25-18-20-9-4-3-8-19(20)10-7-17-23-15-5-2-6-16-23/h3-4,8-9,11-14H,2,5-7,10,15-18H2,1H3. The monoisotopic (exact) mass is 339 g/mol. The van der Waals surface area contributed by atoms with E-state index in [1.165, 1.54) is 56.4 Å². The van der Waals surface area contributed by atoms with Crippen molar-refractivity contribution in [3.05, 3.63) is 59.7 Å². The van der Waals surface area contributed by atoms with Gasteiger partial charge in [-0.05, 0) is 80.7 Å². The van der Waals surface area contributed by atoms with Crippen molar-refractivity contribution in [3.8, 4) is 11.5 Å². The number of aryl methyl sites for hydroxylation is 1. The van der Waals surface area contributed by atoms with Gasteiger partial charge in [0.05, 0.1) is 7.11 Å². The lowest BCUT2D eigenvalue weighted by molar-refractivity contribution is 0.226. The van der Waals surface area contributed by atoms with Gasteiger partial charge >= 0.3 is 0 Å². The third kappa shape index (κ3) is 5.50. The van der Waals surface area contributed by atoms with Crippen LogP contribution in [0.25, 0.3) is 0 Å². The van der Waals surface area contributed by atoms with Crippen LogP contribution >= 0.6 is 0 Å². The topological polar surface area (TPSA) is 21.7 Å². The van der Waals surface area contributed by atoms with Crippen molar-refractivity contribution in [1.29, 1.82) is 0 Å². The molecule has 0 aromatic heterocycles. The van der Waals surface area contributed by atoms with Gasteiger partial charge in [0, 0.05) is 0 Å². The minimum Gasteiger partial charge on any atom is -0.497 e. The van der Waals surface area contributed by atoms with Gasteiger partial charge in [0.15, 0.2) is 0 Å². The molecule has 25 heavy (non-hydrogen) atoms. The van der Waals surface area contributed by atoms with Gasteiger partial charge in [-0.25, -0.2) is 0 Å². The minimum absolute atomic E-state index is 0.617. The van der Waals surface area contributed by atoms with E-state index in [0.29, 0.717) is 6.61 Å². The number of nitrogens with zero attached hydrogens (tertiary/aromatic N) is 1. The van der Waals surface area contributed by atoms with E-state index in [0.717, 1.165) is 17.9 Å². The van der Waals surface area contributed by atoms with Crippen LogP contribution in [-0.4, -0.2) is 31.6 Å². The van der Waals surface area contributed by atoms with Gasteiger partial charge in [-0.1, -0.05) is 30.7 Å². The number of rotatable bonds is 8. The number of likely N-dealkylation sites (tertiary alicyclic amines) is 1. The Hall–Kier alpha value is -2.00. The zero-order valence-electron chi connectivity index (χ0n) is 15.2. The molecule has 3 heteroatoms. The number of hydrogen-bond donors (Lipinski definition) is 0. The Bertz CT molecular complexity index is 633. The Morgan fingerprint density at radius 2 is 1.52 bits per heavy atom. The molecule has 0 amide bonds. The Morgan fingerprint density at radius 3 is 2.24 bits per heavy atom. The quantitative estimate of drug-likeness (QED) is 0.696. The summed E-state index contributed by atoms with van der Waals surface area (Å²) in [6, 6.07) is 16.4. The summed E-state index contributed by atoms with van der Waals surface area (Å²) in [5.41, 5.74) is 2.70. The third-order valence-corrected chi connectivity index (χ3v) is 4.94. The molecule has 1 heterocycles. The average Bonchev–Trinajstić information content (AvgIpc) is 2.68. The summed E-state index contributed by atoms with van der Waals surface area (Å²) in [6.45, 7) is 4.39. The van der Waals surface area contributed by atoms with Crippen molar-refractivity contribution in [2.75, 3.05) is 26.7 Å². The zero-order valence-corrected chi connectivity index (χ0v) is 15.2. The summed E-state index contributed by atoms with van der Waals surface area (Å²) in [5.74, 6) is 1.73. The van der Waals surface area contributed by atoms with Crippen molar-refractivity contribution in [2.45, 2.75) is 38.7 Å². The molecule has 0 aliphatic carbocycles.